The average molecular weight is 270 g/mol. The van der Waals surface area contributed by atoms with E-state index in [4.69, 9.17) is 9.84 Å². The molecule has 0 radical (unpaired) electrons. The van der Waals surface area contributed by atoms with Crippen LogP contribution in [0.3, 0.4) is 0 Å². The molecule has 1 aromatic rings. The van der Waals surface area contributed by atoms with Crippen LogP contribution in [0.4, 0.5) is 0 Å². The molecule has 8 heteroatoms. The maximum Gasteiger partial charge on any atom is 0.325 e. The molecule has 0 aliphatic rings. The number of hydrogen-bond donors (Lipinski definition) is 2. The minimum atomic E-state index is -1.05. The summed E-state index contributed by atoms with van der Waals surface area (Å²) < 4.78 is 6.12. The lowest BCUT2D eigenvalue weighted by atomic mass is 10.1. The Hall–Kier alpha value is -1.96. The topological polar surface area (TPSA) is 106 Å². The third-order valence-corrected chi connectivity index (χ3v) is 2.54. The maximum absolute atomic E-state index is 11.9. The van der Waals surface area contributed by atoms with Gasteiger partial charge in [-0.2, -0.15) is 0 Å². The van der Waals surface area contributed by atoms with Gasteiger partial charge < -0.3 is 15.2 Å². The Balaban J connectivity index is 2.66. The number of carboxylic acid groups (broad SMARTS) is 1. The molecule has 0 saturated heterocycles. The van der Waals surface area contributed by atoms with Crippen LogP contribution in [-0.4, -0.2) is 51.7 Å². The minimum Gasteiger partial charge on any atom is -0.480 e. The first-order valence-corrected chi connectivity index (χ1v) is 5.85. The van der Waals surface area contributed by atoms with Crippen LogP contribution in [0.1, 0.15) is 24.3 Å². The second-order valence-corrected chi connectivity index (χ2v) is 4.47. The molecule has 0 saturated carbocycles. The van der Waals surface area contributed by atoms with Gasteiger partial charge in [-0.25, -0.2) is 4.68 Å². The highest BCUT2D eigenvalue weighted by Crippen LogP contribution is 2.03. The Kier molecular flexibility index (Phi) is 5.43. The number of ether oxygens (including phenoxy) is 1. The van der Waals surface area contributed by atoms with E-state index in [2.05, 4.69) is 15.6 Å². The standard InChI is InChI=1S/C11H18N4O4/c1-7(2)9(6-19-3)12-11(18)8-4-15(14-13-8)5-10(16)17/h4,7,9H,5-6H2,1-3H3,(H,12,18)(H,16,17). The minimum absolute atomic E-state index is 0.0861. The summed E-state index contributed by atoms with van der Waals surface area (Å²) >= 11 is 0. The lowest BCUT2D eigenvalue weighted by Gasteiger charge is -2.20. The van der Waals surface area contributed by atoms with E-state index >= 15 is 0 Å². The summed E-state index contributed by atoms with van der Waals surface area (Å²) in [6, 6.07) is -0.137. The lowest BCUT2D eigenvalue weighted by molar-refractivity contribution is -0.137. The van der Waals surface area contributed by atoms with E-state index in [1.807, 2.05) is 13.8 Å². The highest BCUT2D eigenvalue weighted by Gasteiger charge is 2.19. The van der Waals surface area contributed by atoms with Gasteiger partial charge in [0, 0.05) is 7.11 Å². The Labute approximate surface area is 110 Å². The monoisotopic (exact) mass is 270 g/mol. The van der Waals surface area contributed by atoms with Gasteiger partial charge in [0.1, 0.15) is 6.54 Å². The summed E-state index contributed by atoms with van der Waals surface area (Å²) in [4.78, 5) is 22.4. The molecule has 106 valence electrons. The maximum atomic E-state index is 11.9. The van der Waals surface area contributed by atoms with Gasteiger partial charge in [0.15, 0.2) is 5.69 Å². The van der Waals surface area contributed by atoms with Crippen LogP contribution in [0.5, 0.6) is 0 Å². The summed E-state index contributed by atoms with van der Waals surface area (Å²) in [6.07, 6.45) is 1.30. The number of methoxy groups -OCH3 is 1. The fraction of sp³-hybridized carbons (Fsp3) is 0.636. The van der Waals surface area contributed by atoms with Crippen molar-refractivity contribution in [1.29, 1.82) is 0 Å². The molecular formula is C11H18N4O4. The van der Waals surface area contributed by atoms with Crippen molar-refractivity contribution >= 4 is 11.9 Å². The second-order valence-electron chi connectivity index (χ2n) is 4.47. The largest absolute Gasteiger partial charge is 0.480 e. The van der Waals surface area contributed by atoms with Crippen LogP contribution in [0.15, 0.2) is 6.20 Å². The number of carbonyl (C=O) groups is 2. The molecule has 0 bridgehead atoms. The number of amides is 1. The third kappa shape index (κ3) is 4.66. The zero-order valence-electron chi connectivity index (χ0n) is 11.2. The Bertz CT molecular complexity index is 444. The van der Waals surface area contributed by atoms with Gasteiger partial charge in [-0.3, -0.25) is 9.59 Å². The number of rotatable bonds is 7. The number of nitrogens with one attached hydrogen (secondary N) is 1. The van der Waals surface area contributed by atoms with Gasteiger partial charge in [-0.05, 0) is 5.92 Å². The van der Waals surface area contributed by atoms with E-state index in [1.54, 1.807) is 7.11 Å². The fourth-order valence-electron chi connectivity index (χ4n) is 1.44. The van der Waals surface area contributed by atoms with Crippen LogP contribution in [0, 0.1) is 5.92 Å². The Morgan fingerprint density at radius 3 is 2.74 bits per heavy atom. The molecule has 1 heterocycles. The molecule has 1 rings (SSSR count). The first-order valence-electron chi connectivity index (χ1n) is 5.85. The second kappa shape index (κ2) is 6.83. The van der Waals surface area contributed by atoms with Crippen molar-refractivity contribution < 1.29 is 19.4 Å². The molecular weight excluding hydrogens is 252 g/mol. The molecule has 1 atom stereocenters. The van der Waals surface area contributed by atoms with E-state index in [9.17, 15) is 9.59 Å². The van der Waals surface area contributed by atoms with Gasteiger partial charge in [0.25, 0.3) is 5.91 Å². The number of carboxylic acids is 1. The van der Waals surface area contributed by atoms with E-state index in [0.29, 0.717) is 6.61 Å². The van der Waals surface area contributed by atoms with Crippen molar-refractivity contribution in [2.24, 2.45) is 5.92 Å². The zero-order chi connectivity index (χ0) is 14.4. The smallest absolute Gasteiger partial charge is 0.325 e. The molecule has 19 heavy (non-hydrogen) atoms. The Morgan fingerprint density at radius 1 is 1.53 bits per heavy atom. The van der Waals surface area contributed by atoms with E-state index in [0.717, 1.165) is 4.68 Å². The molecule has 8 nitrogen and oxygen atoms in total. The van der Waals surface area contributed by atoms with Crippen molar-refractivity contribution in [2.45, 2.75) is 26.4 Å². The molecule has 1 unspecified atom stereocenters. The number of aromatic nitrogens is 3. The van der Waals surface area contributed by atoms with Crippen molar-refractivity contribution in [3.8, 4) is 0 Å². The summed E-state index contributed by atoms with van der Waals surface area (Å²) in [5.41, 5.74) is 0.0861. The molecule has 0 aliphatic heterocycles. The third-order valence-electron chi connectivity index (χ3n) is 2.54. The van der Waals surface area contributed by atoms with Crippen LogP contribution in [-0.2, 0) is 16.1 Å². The van der Waals surface area contributed by atoms with Crippen molar-refractivity contribution in [3.05, 3.63) is 11.9 Å². The zero-order valence-corrected chi connectivity index (χ0v) is 11.2. The summed E-state index contributed by atoms with van der Waals surface area (Å²) in [5, 5.41) is 18.6. The summed E-state index contributed by atoms with van der Waals surface area (Å²) in [7, 11) is 1.56. The fourth-order valence-corrected chi connectivity index (χ4v) is 1.44. The molecule has 0 aromatic carbocycles. The van der Waals surface area contributed by atoms with Gasteiger partial charge >= 0.3 is 5.97 Å². The molecule has 0 aliphatic carbocycles. The number of hydrogen-bond acceptors (Lipinski definition) is 5. The van der Waals surface area contributed by atoms with E-state index in [1.165, 1.54) is 6.20 Å². The van der Waals surface area contributed by atoms with Crippen molar-refractivity contribution in [1.82, 2.24) is 20.3 Å². The quantitative estimate of drug-likeness (QED) is 0.708. The molecule has 0 fully saturated rings. The molecule has 1 aromatic heterocycles. The number of nitrogens with zero attached hydrogens (tertiary/aromatic N) is 3. The van der Waals surface area contributed by atoms with Gasteiger partial charge in [0.2, 0.25) is 0 Å². The van der Waals surface area contributed by atoms with Crippen molar-refractivity contribution in [2.75, 3.05) is 13.7 Å². The van der Waals surface area contributed by atoms with E-state index < -0.39 is 11.9 Å². The highest BCUT2D eigenvalue weighted by molar-refractivity contribution is 5.92. The predicted molar refractivity (Wildman–Crippen MR) is 65.6 cm³/mol. The summed E-state index contributed by atoms with van der Waals surface area (Å²) in [5.74, 6) is -1.23. The van der Waals surface area contributed by atoms with Gasteiger partial charge in [-0.15, -0.1) is 5.10 Å². The predicted octanol–water partition coefficient (Wildman–Crippen LogP) is -0.236. The molecule has 2 N–H and O–H groups in total. The average Bonchev–Trinajstić information content (AvgIpc) is 2.75. The lowest BCUT2D eigenvalue weighted by Crippen LogP contribution is -2.41. The van der Waals surface area contributed by atoms with Gasteiger partial charge in [-0.1, -0.05) is 19.1 Å². The highest BCUT2D eigenvalue weighted by atomic mass is 16.5. The number of carbonyl (C=O) groups excluding carboxylic acids is 1. The van der Waals surface area contributed by atoms with Crippen molar-refractivity contribution in [3.63, 3.8) is 0 Å². The first-order chi connectivity index (χ1) is 8.93. The number of aliphatic carboxylic acids is 1. The van der Waals surface area contributed by atoms with E-state index in [-0.39, 0.29) is 24.2 Å². The molecule has 0 spiro atoms. The van der Waals surface area contributed by atoms with Gasteiger partial charge in [0.05, 0.1) is 18.8 Å². The van der Waals surface area contributed by atoms with Crippen LogP contribution < -0.4 is 5.32 Å². The SMILES string of the molecule is COCC(NC(=O)c1cn(CC(=O)O)nn1)C(C)C. The van der Waals surface area contributed by atoms with Crippen LogP contribution in [0.25, 0.3) is 0 Å². The summed E-state index contributed by atoms with van der Waals surface area (Å²) in [6.45, 7) is 4.00. The van der Waals surface area contributed by atoms with Crippen LogP contribution >= 0.6 is 0 Å². The van der Waals surface area contributed by atoms with Crippen LogP contribution in [0.2, 0.25) is 0 Å². The first kappa shape index (κ1) is 15.1. The Morgan fingerprint density at radius 2 is 2.21 bits per heavy atom. The molecule has 1 amide bonds. The normalized spacial score (nSPS) is 12.4.